The molecule has 3 rings (SSSR count). The second kappa shape index (κ2) is 7.93. The van der Waals surface area contributed by atoms with Gasteiger partial charge in [-0.3, -0.25) is 10.1 Å². The summed E-state index contributed by atoms with van der Waals surface area (Å²) in [5.41, 5.74) is 1.08. The number of carbonyl (C=O) groups is 1. The normalized spacial score (nSPS) is 11.9. The zero-order chi connectivity index (χ0) is 20.4. The Bertz CT molecular complexity index is 997. The molecule has 0 fully saturated rings. The van der Waals surface area contributed by atoms with E-state index in [2.05, 4.69) is 10.3 Å². The van der Waals surface area contributed by atoms with E-state index >= 15 is 0 Å². The van der Waals surface area contributed by atoms with Crippen LogP contribution in [0.15, 0.2) is 35.7 Å². The molecular formula is C18H11F5N2O2S. The number of ether oxygens (including phenoxy) is 1. The largest absolute Gasteiger partial charge is 0.475 e. The van der Waals surface area contributed by atoms with Crippen molar-refractivity contribution in [2.24, 2.45) is 0 Å². The summed E-state index contributed by atoms with van der Waals surface area (Å²) in [4.78, 5) is 16.3. The molecule has 0 radical (unpaired) electrons. The number of thiazole rings is 1. The van der Waals surface area contributed by atoms with Crippen LogP contribution in [0.2, 0.25) is 0 Å². The molecule has 2 aromatic carbocycles. The fourth-order valence-electron chi connectivity index (χ4n) is 2.18. The number of hydrogen-bond acceptors (Lipinski definition) is 4. The maximum atomic E-state index is 13.6. The van der Waals surface area contributed by atoms with E-state index in [9.17, 15) is 26.7 Å². The topological polar surface area (TPSA) is 51.2 Å². The molecule has 1 amide bonds. The van der Waals surface area contributed by atoms with Gasteiger partial charge in [-0.15, -0.1) is 11.3 Å². The first kappa shape index (κ1) is 19.7. The van der Waals surface area contributed by atoms with E-state index in [0.717, 1.165) is 18.3 Å². The predicted molar refractivity (Wildman–Crippen MR) is 92.5 cm³/mol. The summed E-state index contributed by atoms with van der Waals surface area (Å²) in [5, 5.41) is 4.12. The molecule has 0 spiro atoms. The molecule has 1 aromatic heterocycles. The van der Waals surface area contributed by atoms with Crippen molar-refractivity contribution in [1.29, 1.82) is 0 Å². The lowest BCUT2D eigenvalue weighted by atomic mass is 10.2. The summed E-state index contributed by atoms with van der Waals surface area (Å²) in [7, 11) is 0. The minimum atomic E-state index is -1.74. The molecule has 0 saturated carbocycles. The van der Waals surface area contributed by atoms with Crippen LogP contribution in [0, 0.1) is 29.1 Å². The van der Waals surface area contributed by atoms with Gasteiger partial charge in [0, 0.05) is 17.0 Å². The Kier molecular flexibility index (Phi) is 5.59. The van der Waals surface area contributed by atoms with E-state index in [4.69, 9.17) is 4.74 Å². The molecule has 1 heterocycles. The predicted octanol–water partition coefficient (Wildman–Crippen LogP) is 4.91. The first-order valence-corrected chi connectivity index (χ1v) is 8.66. The molecule has 146 valence electrons. The second-order valence-corrected chi connectivity index (χ2v) is 6.45. The highest BCUT2D eigenvalue weighted by Crippen LogP contribution is 2.28. The lowest BCUT2D eigenvalue weighted by Crippen LogP contribution is -2.31. The summed E-state index contributed by atoms with van der Waals surface area (Å²) >= 11 is 1.05. The number of nitrogens with zero attached hydrogens (tertiary/aromatic N) is 1. The van der Waals surface area contributed by atoms with E-state index < -0.39 is 46.8 Å². The Balaban J connectivity index is 1.71. The van der Waals surface area contributed by atoms with Crippen LogP contribution in [0.3, 0.4) is 0 Å². The van der Waals surface area contributed by atoms with Gasteiger partial charge in [-0.05, 0) is 31.2 Å². The van der Waals surface area contributed by atoms with E-state index in [1.807, 2.05) is 0 Å². The van der Waals surface area contributed by atoms with E-state index in [0.29, 0.717) is 11.3 Å². The van der Waals surface area contributed by atoms with Gasteiger partial charge in [0.1, 0.15) is 5.82 Å². The maximum Gasteiger partial charge on any atom is 0.266 e. The highest BCUT2D eigenvalue weighted by atomic mass is 32.1. The monoisotopic (exact) mass is 414 g/mol. The van der Waals surface area contributed by atoms with Gasteiger partial charge in [0.2, 0.25) is 11.6 Å². The highest BCUT2D eigenvalue weighted by molar-refractivity contribution is 7.14. The van der Waals surface area contributed by atoms with Crippen molar-refractivity contribution in [2.45, 2.75) is 13.0 Å². The van der Waals surface area contributed by atoms with Crippen LogP contribution in [0.1, 0.15) is 6.92 Å². The number of amides is 1. The molecule has 0 aliphatic heterocycles. The van der Waals surface area contributed by atoms with Crippen molar-refractivity contribution >= 4 is 22.4 Å². The minimum Gasteiger partial charge on any atom is -0.475 e. The number of aromatic nitrogens is 1. The van der Waals surface area contributed by atoms with Crippen LogP contribution >= 0.6 is 11.3 Å². The zero-order valence-corrected chi connectivity index (χ0v) is 14.9. The molecular weight excluding hydrogens is 403 g/mol. The highest BCUT2D eigenvalue weighted by Gasteiger charge is 2.25. The van der Waals surface area contributed by atoms with Crippen molar-refractivity contribution < 1.29 is 31.5 Å². The third kappa shape index (κ3) is 4.11. The molecule has 0 unspecified atom stereocenters. The quantitative estimate of drug-likeness (QED) is 0.477. The van der Waals surface area contributed by atoms with Crippen molar-refractivity contribution in [3.63, 3.8) is 0 Å². The summed E-state index contributed by atoms with van der Waals surface area (Å²) in [6, 6.07) is 5.56. The van der Waals surface area contributed by atoms with Crippen LogP contribution in [0.5, 0.6) is 5.75 Å². The van der Waals surface area contributed by atoms with Crippen molar-refractivity contribution in [1.82, 2.24) is 4.98 Å². The van der Waals surface area contributed by atoms with Gasteiger partial charge in [0.25, 0.3) is 5.91 Å². The third-order valence-corrected chi connectivity index (χ3v) is 4.37. The summed E-state index contributed by atoms with van der Waals surface area (Å²) in [6.45, 7) is 1.14. The smallest absolute Gasteiger partial charge is 0.266 e. The Morgan fingerprint density at radius 2 is 1.68 bits per heavy atom. The van der Waals surface area contributed by atoms with Gasteiger partial charge in [-0.2, -0.15) is 8.78 Å². The van der Waals surface area contributed by atoms with Gasteiger partial charge in [-0.1, -0.05) is 0 Å². The van der Waals surface area contributed by atoms with Crippen LogP contribution in [0.4, 0.5) is 27.1 Å². The van der Waals surface area contributed by atoms with Gasteiger partial charge >= 0.3 is 0 Å². The van der Waals surface area contributed by atoms with E-state index in [1.165, 1.54) is 24.3 Å². The Hall–Kier alpha value is -3.01. The fourth-order valence-corrected chi connectivity index (χ4v) is 2.90. The summed E-state index contributed by atoms with van der Waals surface area (Å²) in [6.07, 6.45) is -1.48. The van der Waals surface area contributed by atoms with Crippen LogP contribution in [-0.4, -0.2) is 17.0 Å². The van der Waals surface area contributed by atoms with Gasteiger partial charge in [-0.25, -0.2) is 18.2 Å². The SMILES string of the molecule is C[C@@H](Oc1c(F)c(F)cc(F)c1F)C(=O)Nc1nc(-c2ccc(F)cc2)cs1. The standard InChI is InChI=1S/C18H11F5N2O2S/c1-8(27-16-14(22)11(20)6-12(21)15(16)23)17(26)25-18-24-13(7-28-18)9-2-4-10(19)5-3-9/h2-8H,1H3,(H,24,25,26)/t8-/m1/s1. The molecule has 0 aliphatic rings. The average Bonchev–Trinajstić information content (AvgIpc) is 3.12. The third-order valence-electron chi connectivity index (χ3n) is 3.61. The lowest BCUT2D eigenvalue weighted by Gasteiger charge is -2.15. The zero-order valence-electron chi connectivity index (χ0n) is 14.1. The summed E-state index contributed by atoms with van der Waals surface area (Å²) in [5.74, 6) is -9.37. The van der Waals surface area contributed by atoms with Gasteiger partial charge in [0.05, 0.1) is 5.69 Å². The van der Waals surface area contributed by atoms with Crippen LogP contribution in [-0.2, 0) is 4.79 Å². The van der Waals surface area contributed by atoms with Crippen molar-refractivity contribution in [3.8, 4) is 17.0 Å². The maximum absolute atomic E-state index is 13.6. The molecule has 1 N–H and O–H groups in total. The van der Waals surface area contributed by atoms with Crippen molar-refractivity contribution in [3.05, 3.63) is 64.8 Å². The van der Waals surface area contributed by atoms with Gasteiger partial charge < -0.3 is 4.74 Å². The number of rotatable bonds is 5. The number of benzene rings is 2. The first-order chi connectivity index (χ1) is 13.3. The second-order valence-electron chi connectivity index (χ2n) is 5.59. The Labute approximate surface area is 159 Å². The Morgan fingerprint density at radius 1 is 1.07 bits per heavy atom. The molecule has 0 aliphatic carbocycles. The molecule has 0 saturated heterocycles. The molecule has 10 heteroatoms. The average molecular weight is 414 g/mol. The van der Waals surface area contributed by atoms with Gasteiger partial charge in [0.15, 0.2) is 28.6 Å². The number of anilines is 1. The van der Waals surface area contributed by atoms with Crippen LogP contribution < -0.4 is 10.1 Å². The molecule has 3 aromatic rings. The van der Waals surface area contributed by atoms with E-state index in [1.54, 1.807) is 5.38 Å². The first-order valence-electron chi connectivity index (χ1n) is 7.78. The fraction of sp³-hybridized carbons (Fsp3) is 0.111. The number of halogens is 5. The number of nitrogens with one attached hydrogen (secondary N) is 1. The minimum absolute atomic E-state index is 0.0365. The number of carbonyl (C=O) groups excluding carboxylic acids is 1. The molecule has 28 heavy (non-hydrogen) atoms. The van der Waals surface area contributed by atoms with E-state index in [-0.39, 0.29) is 11.2 Å². The lowest BCUT2D eigenvalue weighted by molar-refractivity contribution is -0.122. The Morgan fingerprint density at radius 3 is 2.29 bits per heavy atom. The molecule has 1 atom stereocenters. The van der Waals surface area contributed by atoms with Crippen LogP contribution in [0.25, 0.3) is 11.3 Å². The molecule has 0 bridgehead atoms. The number of hydrogen-bond donors (Lipinski definition) is 1. The molecule has 4 nitrogen and oxygen atoms in total. The van der Waals surface area contributed by atoms with Crippen molar-refractivity contribution in [2.75, 3.05) is 5.32 Å². The summed E-state index contributed by atoms with van der Waals surface area (Å²) < 4.78 is 71.4.